The molecule has 2 atom stereocenters. The lowest BCUT2D eigenvalue weighted by Crippen LogP contribution is -2.15. The van der Waals surface area contributed by atoms with Crippen LogP contribution in [0.25, 0.3) is 0 Å². The molecule has 0 heterocycles. The second-order valence-corrected chi connectivity index (χ2v) is 4.36. The molecule has 1 aromatic rings. The highest BCUT2D eigenvalue weighted by Crippen LogP contribution is 2.37. The fourth-order valence-corrected chi connectivity index (χ4v) is 1.84. The molecule has 2 unspecified atom stereocenters. The van der Waals surface area contributed by atoms with E-state index in [1.165, 1.54) is 12.1 Å². The Morgan fingerprint density at radius 3 is 2.31 bits per heavy atom. The molecule has 0 saturated heterocycles. The van der Waals surface area contributed by atoms with Gasteiger partial charge in [-0.3, -0.25) is 0 Å². The van der Waals surface area contributed by atoms with Gasteiger partial charge >= 0.3 is 6.18 Å². The maximum atomic E-state index is 12.7. The van der Waals surface area contributed by atoms with Crippen LogP contribution in [0.15, 0.2) is 24.3 Å². The molecular formula is C12H14ClF3. The molecule has 0 aliphatic rings. The lowest BCUT2D eigenvalue weighted by Gasteiger charge is -2.21. The smallest absolute Gasteiger partial charge is 0.166 e. The Morgan fingerprint density at radius 1 is 1.25 bits per heavy atom. The Hall–Kier alpha value is -0.700. The standard InChI is InChI=1S/C12H14ClF3/c1-3-11(13)8(2)9-6-4-5-7-10(9)12(14,15)16/h4-8,11H,3H2,1-2H3. The van der Waals surface area contributed by atoms with Gasteiger partial charge in [-0.05, 0) is 24.0 Å². The van der Waals surface area contributed by atoms with Crippen molar-refractivity contribution in [1.82, 2.24) is 0 Å². The van der Waals surface area contributed by atoms with Crippen LogP contribution in [-0.2, 0) is 6.18 Å². The fourth-order valence-electron chi connectivity index (χ4n) is 1.70. The van der Waals surface area contributed by atoms with E-state index in [1.54, 1.807) is 13.0 Å². The van der Waals surface area contributed by atoms with E-state index >= 15 is 0 Å². The summed E-state index contributed by atoms with van der Waals surface area (Å²) in [7, 11) is 0. The Balaban J connectivity index is 3.13. The van der Waals surface area contributed by atoms with Gasteiger partial charge in [0.05, 0.1) is 5.56 Å². The summed E-state index contributed by atoms with van der Waals surface area (Å²) in [5, 5.41) is -0.275. The van der Waals surface area contributed by atoms with Crippen molar-refractivity contribution in [3.8, 4) is 0 Å². The van der Waals surface area contributed by atoms with Gasteiger partial charge in [-0.15, -0.1) is 11.6 Å². The molecule has 0 N–H and O–H groups in total. The molecule has 0 spiro atoms. The van der Waals surface area contributed by atoms with Gasteiger partial charge in [0, 0.05) is 5.38 Å². The van der Waals surface area contributed by atoms with Crippen LogP contribution in [0.4, 0.5) is 13.2 Å². The van der Waals surface area contributed by atoms with Crippen molar-refractivity contribution in [2.45, 2.75) is 37.7 Å². The van der Waals surface area contributed by atoms with Crippen LogP contribution < -0.4 is 0 Å². The summed E-state index contributed by atoms with van der Waals surface area (Å²) < 4.78 is 38.2. The van der Waals surface area contributed by atoms with Crippen molar-refractivity contribution in [2.75, 3.05) is 0 Å². The zero-order valence-electron chi connectivity index (χ0n) is 9.18. The molecule has 1 rings (SSSR count). The van der Waals surface area contributed by atoms with Crippen molar-refractivity contribution in [3.05, 3.63) is 35.4 Å². The number of rotatable bonds is 3. The van der Waals surface area contributed by atoms with Gasteiger partial charge < -0.3 is 0 Å². The van der Waals surface area contributed by atoms with Crippen LogP contribution in [0, 0.1) is 0 Å². The van der Waals surface area contributed by atoms with E-state index in [0.717, 1.165) is 6.07 Å². The number of hydrogen-bond acceptors (Lipinski definition) is 0. The van der Waals surface area contributed by atoms with E-state index in [1.807, 2.05) is 6.92 Å². The van der Waals surface area contributed by atoms with Crippen molar-refractivity contribution in [1.29, 1.82) is 0 Å². The Kier molecular flexibility index (Phi) is 4.25. The molecule has 0 fully saturated rings. The van der Waals surface area contributed by atoms with Crippen LogP contribution in [0.1, 0.15) is 37.3 Å². The molecule has 0 aliphatic heterocycles. The quantitative estimate of drug-likeness (QED) is 0.675. The molecule has 4 heteroatoms. The minimum atomic E-state index is -4.31. The SMILES string of the molecule is CCC(Cl)C(C)c1ccccc1C(F)(F)F. The van der Waals surface area contributed by atoms with Gasteiger partial charge in [0.15, 0.2) is 0 Å². The van der Waals surface area contributed by atoms with Crippen molar-refractivity contribution >= 4 is 11.6 Å². The van der Waals surface area contributed by atoms with E-state index in [4.69, 9.17) is 11.6 Å². The maximum absolute atomic E-state index is 12.7. The second kappa shape index (κ2) is 5.09. The molecule has 0 aliphatic carbocycles. The van der Waals surface area contributed by atoms with Gasteiger partial charge in [0.2, 0.25) is 0 Å². The highest BCUT2D eigenvalue weighted by Gasteiger charge is 2.34. The second-order valence-electron chi connectivity index (χ2n) is 3.80. The summed E-state index contributed by atoms with van der Waals surface area (Å²) in [6.45, 7) is 3.59. The van der Waals surface area contributed by atoms with Gasteiger partial charge in [-0.1, -0.05) is 32.0 Å². The number of hydrogen-bond donors (Lipinski definition) is 0. The third kappa shape index (κ3) is 2.91. The highest BCUT2D eigenvalue weighted by atomic mass is 35.5. The van der Waals surface area contributed by atoms with Crippen LogP contribution in [0.5, 0.6) is 0 Å². The minimum Gasteiger partial charge on any atom is -0.166 e. The van der Waals surface area contributed by atoms with Crippen molar-refractivity contribution in [2.24, 2.45) is 0 Å². The molecule has 16 heavy (non-hydrogen) atoms. The third-order valence-corrected chi connectivity index (χ3v) is 3.38. The summed E-state index contributed by atoms with van der Waals surface area (Å²) in [6.07, 6.45) is -3.66. The first-order chi connectivity index (χ1) is 7.38. The maximum Gasteiger partial charge on any atom is 0.416 e. The van der Waals surface area contributed by atoms with Crippen LogP contribution in [0.2, 0.25) is 0 Å². The summed E-state index contributed by atoms with van der Waals surface area (Å²) in [5.74, 6) is -0.301. The minimum absolute atomic E-state index is 0.275. The average Bonchev–Trinajstić information content (AvgIpc) is 2.26. The fraction of sp³-hybridized carbons (Fsp3) is 0.500. The molecule has 1 aromatic carbocycles. The van der Waals surface area contributed by atoms with E-state index in [2.05, 4.69) is 0 Å². The average molecular weight is 251 g/mol. The van der Waals surface area contributed by atoms with Gasteiger partial charge in [-0.2, -0.15) is 13.2 Å². The van der Waals surface area contributed by atoms with Crippen LogP contribution in [-0.4, -0.2) is 5.38 Å². The first kappa shape index (κ1) is 13.4. The first-order valence-electron chi connectivity index (χ1n) is 5.18. The molecule has 0 saturated carbocycles. The Labute approximate surface area is 98.4 Å². The van der Waals surface area contributed by atoms with Gasteiger partial charge in [0.1, 0.15) is 0 Å². The van der Waals surface area contributed by atoms with Crippen molar-refractivity contribution < 1.29 is 13.2 Å². The Bertz CT molecular complexity index is 346. The normalized spacial score (nSPS) is 15.9. The summed E-state index contributed by atoms with van der Waals surface area (Å²) in [6, 6.07) is 5.61. The van der Waals surface area contributed by atoms with Crippen LogP contribution >= 0.6 is 11.6 Å². The zero-order chi connectivity index (χ0) is 12.3. The zero-order valence-corrected chi connectivity index (χ0v) is 9.94. The number of halogens is 4. The predicted molar refractivity (Wildman–Crippen MR) is 59.8 cm³/mol. The summed E-state index contributed by atoms with van der Waals surface area (Å²) in [5.41, 5.74) is -0.307. The summed E-state index contributed by atoms with van der Waals surface area (Å²) in [4.78, 5) is 0. The predicted octanol–water partition coefficient (Wildman–Crippen LogP) is 4.83. The van der Waals surface area contributed by atoms with Crippen molar-refractivity contribution in [3.63, 3.8) is 0 Å². The van der Waals surface area contributed by atoms with Gasteiger partial charge in [0.25, 0.3) is 0 Å². The first-order valence-corrected chi connectivity index (χ1v) is 5.61. The molecule has 0 aromatic heterocycles. The topological polar surface area (TPSA) is 0 Å². The molecule has 0 radical (unpaired) electrons. The third-order valence-electron chi connectivity index (χ3n) is 2.69. The van der Waals surface area contributed by atoms with E-state index < -0.39 is 11.7 Å². The monoisotopic (exact) mass is 250 g/mol. The molecule has 90 valence electrons. The molecule has 0 bridgehead atoms. The largest absolute Gasteiger partial charge is 0.416 e. The highest BCUT2D eigenvalue weighted by molar-refractivity contribution is 6.21. The van der Waals surface area contributed by atoms with Gasteiger partial charge in [-0.25, -0.2) is 0 Å². The lowest BCUT2D eigenvalue weighted by molar-refractivity contribution is -0.138. The van der Waals surface area contributed by atoms with Crippen LogP contribution in [0.3, 0.4) is 0 Å². The molecular weight excluding hydrogens is 237 g/mol. The lowest BCUT2D eigenvalue weighted by atomic mass is 9.91. The molecule has 0 amide bonds. The number of benzene rings is 1. The molecule has 0 nitrogen and oxygen atoms in total. The van der Waals surface area contributed by atoms with E-state index in [0.29, 0.717) is 6.42 Å². The Morgan fingerprint density at radius 2 is 1.81 bits per heavy atom. The van der Waals surface area contributed by atoms with E-state index in [-0.39, 0.29) is 16.9 Å². The summed E-state index contributed by atoms with van der Waals surface area (Å²) >= 11 is 6.00. The van der Waals surface area contributed by atoms with E-state index in [9.17, 15) is 13.2 Å². The number of alkyl halides is 4.